The molecular weight excluding hydrogens is 304 g/mol. The van der Waals surface area contributed by atoms with E-state index in [0.717, 1.165) is 50.1 Å². The Morgan fingerprint density at radius 1 is 1.29 bits per heavy atom. The number of aliphatic hydroxyl groups is 1. The number of aromatic nitrogens is 1. The number of nitrogens with one attached hydrogen (secondary N) is 1. The van der Waals surface area contributed by atoms with Crippen LogP contribution in [0.3, 0.4) is 0 Å². The Morgan fingerprint density at radius 2 is 2.12 bits per heavy atom. The van der Waals surface area contributed by atoms with Gasteiger partial charge in [-0.3, -0.25) is 4.79 Å². The number of methoxy groups -OCH3 is 1. The Labute approximate surface area is 141 Å². The van der Waals surface area contributed by atoms with Gasteiger partial charge in [-0.05, 0) is 36.8 Å². The van der Waals surface area contributed by atoms with Gasteiger partial charge in [0.2, 0.25) is 0 Å². The van der Waals surface area contributed by atoms with Crippen LogP contribution in [0.25, 0.3) is 10.9 Å². The molecule has 0 spiro atoms. The van der Waals surface area contributed by atoms with Gasteiger partial charge in [-0.1, -0.05) is 18.2 Å². The highest BCUT2D eigenvalue weighted by Gasteiger charge is 2.35. The van der Waals surface area contributed by atoms with Gasteiger partial charge in [0.1, 0.15) is 0 Å². The summed E-state index contributed by atoms with van der Waals surface area (Å²) >= 11 is 0. The van der Waals surface area contributed by atoms with Crippen LogP contribution in [0, 0.1) is 5.92 Å². The summed E-state index contributed by atoms with van der Waals surface area (Å²) in [7, 11) is 1.46. The largest absolute Gasteiger partial charge is 0.469 e. The number of rotatable bonds is 1. The van der Waals surface area contributed by atoms with Crippen molar-refractivity contribution in [2.75, 3.05) is 26.7 Å². The number of hydrogen-bond donors (Lipinski definition) is 2. The first-order valence-electron chi connectivity index (χ1n) is 8.73. The molecule has 128 valence electrons. The summed E-state index contributed by atoms with van der Waals surface area (Å²) in [4.78, 5) is 18.3. The fourth-order valence-electron chi connectivity index (χ4n) is 4.49. The van der Waals surface area contributed by atoms with Crippen molar-refractivity contribution in [2.24, 2.45) is 5.92 Å². The van der Waals surface area contributed by atoms with Crippen LogP contribution < -0.4 is 0 Å². The molecule has 2 aliphatic heterocycles. The molecular formula is C19H24N2O3. The first kappa shape index (κ1) is 15.7. The number of nitrogens with zero attached hydrogens (tertiary/aromatic N) is 1. The molecule has 2 N–H and O–H groups in total. The van der Waals surface area contributed by atoms with E-state index in [2.05, 4.69) is 22.0 Å². The predicted molar refractivity (Wildman–Crippen MR) is 91.9 cm³/mol. The lowest BCUT2D eigenvalue weighted by Gasteiger charge is -2.35. The smallest absolute Gasteiger partial charge is 0.314 e. The molecule has 2 aromatic rings. The number of ether oxygens (including phenoxy) is 1. The van der Waals surface area contributed by atoms with Crippen molar-refractivity contribution in [3.63, 3.8) is 0 Å². The zero-order valence-electron chi connectivity index (χ0n) is 14.0. The number of hydrogen-bond acceptors (Lipinski definition) is 4. The van der Waals surface area contributed by atoms with E-state index in [1.165, 1.54) is 18.1 Å². The molecule has 5 nitrogen and oxygen atoms in total. The van der Waals surface area contributed by atoms with E-state index < -0.39 is 0 Å². The van der Waals surface area contributed by atoms with Crippen LogP contribution in [0.15, 0.2) is 24.3 Å². The number of esters is 1. The Morgan fingerprint density at radius 3 is 2.96 bits per heavy atom. The van der Waals surface area contributed by atoms with Crippen molar-refractivity contribution in [3.05, 3.63) is 35.5 Å². The van der Waals surface area contributed by atoms with E-state index in [-0.39, 0.29) is 18.0 Å². The molecule has 2 aliphatic rings. The molecule has 1 saturated heterocycles. The molecule has 0 aliphatic carbocycles. The highest BCUT2D eigenvalue weighted by Crippen LogP contribution is 2.36. The fraction of sp³-hybridized carbons (Fsp3) is 0.526. The summed E-state index contributed by atoms with van der Waals surface area (Å²) in [5.41, 5.74) is 3.31. The van der Waals surface area contributed by atoms with Gasteiger partial charge in [-0.2, -0.15) is 0 Å². The molecule has 3 heterocycles. The number of carbonyl (C=O) groups is 1. The topological polar surface area (TPSA) is 65.6 Å². The number of benzene rings is 1. The van der Waals surface area contributed by atoms with Crippen molar-refractivity contribution in [1.82, 2.24) is 9.88 Å². The maximum absolute atomic E-state index is 12.5. The van der Waals surface area contributed by atoms with Crippen LogP contribution >= 0.6 is 0 Å². The first-order valence-corrected chi connectivity index (χ1v) is 8.73. The van der Waals surface area contributed by atoms with Crippen LogP contribution in [0.5, 0.6) is 0 Å². The molecule has 1 aromatic carbocycles. The number of fused-ring (bicyclic) bond motifs is 5. The van der Waals surface area contributed by atoms with Crippen molar-refractivity contribution >= 4 is 16.9 Å². The molecule has 24 heavy (non-hydrogen) atoms. The highest BCUT2D eigenvalue weighted by atomic mass is 16.5. The quantitative estimate of drug-likeness (QED) is 0.787. The van der Waals surface area contributed by atoms with Gasteiger partial charge in [0.15, 0.2) is 0 Å². The summed E-state index contributed by atoms with van der Waals surface area (Å²) in [6.45, 7) is 2.60. The van der Waals surface area contributed by atoms with Crippen LogP contribution in [0.2, 0.25) is 0 Å². The molecule has 0 amide bonds. The average molecular weight is 328 g/mol. The standard InChI is InChI=1S/C19H24N2O3/c1-24-19(23)16-9-12-8-13(22)11-21(10-12)7-6-15-14-4-2-3-5-17(14)20-18(15)16/h2-5,12-13,16,20,22H,6-11H2,1H3/t12?,13?,16-/m1/s1. The van der Waals surface area contributed by atoms with Crippen LogP contribution in [-0.2, 0) is 16.0 Å². The summed E-state index contributed by atoms with van der Waals surface area (Å²) < 4.78 is 5.11. The minimum Gasteiger partial charge on any atom is -0.469 e. The third-order valence-electron chi connectivity index (χ3n) is 5.52. The maximum Gasteiger partial charge on any atom is 0.314 e. The van der Waals surface area contributed by atoms with Gasteiger partial charge < -0.3 is 19.7 Å². The first-order chi connectivity index (χ1) is 11.7. The van der Waals surface area contributed by atoms with Crippen molar-refractivity contribution < 1.29 is 14.6 Å². The van der Waals surface area contributed by atoms with E-state index in [1.807, 2.05) is 12.1 Å². The second kappa shape index (κ2) is 6.22. The SMILES string of the molecule is COC(=O)[C@@H]1CC2CC(O)CN(CCc3c1[nH]c1ccccc31)C2. The Hall–Kier alpha value is -1.85. The maximum atomic E-state index is 12.5. The molecule has 5 heteroatoms. The number of carbonyl (C=O) groups excluding carboxylic acids is 1. The van der Waals surface area contributed by atoms with Crippen LogP contribution in [0.4, 0.5) is 0 Å². The van der Waals surface area contributed by atoms with E-state index >= 15 is 0 Å². The van der Waals surface area contributed by atoms with E-state index in [9.17, 15) is 9.90 Å². The monoisotopic (exact) mass is 328 g/mol. The van der Waals surface area contributed by atoms with Gasteiger partial charge in [0.05, 0.1) is 19.1 Å². The molecule has 1 fully saturated rings. The highest BCUT2D eigenvalue weighted by molar-refractivity contribution is 5.88. The number of para-hydroxylation sites is 1. The number of H-pyrrole nitrogens is 1. The normalized spacial score (nSPS) is 30.1. The third-order valence-corrected chi connectivity index (χ3v) is 5.52. The van der Waals surface area contributed by atoms with Crippen molar-refractivity contribution in [2.45, 2.75) is 31.3 Å². The molecule has 1 aromatic heterocycles. The lowest BCUT2D eigenvalue weighted by atomic mass is 9.85. The summed E-state index contributed by atoms with van der Waals surface area (Å²) in [6.07, 6.45) is 2.07. The molecule has 4 rings (SSSR count). The van der Waals surface area contributed by atoms with Crippen molar-refractivity contribution in [3.8, 4) is 0 Å². The Balaban J connectivity index is 1.81. The zero-order valence-corrected chi connectivity index (χ0v) is 14.0. The average Bonchev–Trinajstić information content (AvgIpc) is 2.96. The molecule has 3 unspecified atom stereocenters. The lowest BCUT2D eigenvalue weighted by Crippen LogP contribution is -2.44. The van der Waals surface area contributed by atoms with Gasteiger partial charge >= 0.3 is 5.97 Å². The van der Waals surface area contributed by atoms with Gasteiger partial charge in [-0.25, -0.2) is 0 Å². The minimum absolute atomic E-state index is 0.184. The summed E-state index contributed by atoms with van der Waals surface area (Å²) in [6, 6.07) is 8.24. The summed E-state index contributed by atoms with van der Waals surface area (Å²) in [5, 5.41) is 11.4. The summed E-state index contributed by atoms with van der Waals surface area (Å²) in [5.74, 6) is -0.154. The number of aromatic amines is 1. The molecule has 0 radical (unpaired) electrons. The predicted octanol–water partition coefficient (Wildman–Crippen LogP) is 2.05. The van der Waals surface area contributed by atoms with Crippen LogP contribution in [0.1, 0.15) is 30.0 Å². The number of aliphatic hydroxyl groups excluding tert-OH is 1. The lowest BCUT2D eigenvalue weighted by molar-refractivity contribution is -0.143. The second-order valence-corrected chi connectivity index (χ2v) is 7.14. The van der Waals surface area contributed by atoms with E-state index in [1.54, 1.807) is 0 Å². The fourth-order valence-corrected chi connectivity index (χ4v) is 4.49. The minimum atomic E-state index is -0.296. The molecule has 2 bridgehead atoms. The molecule has 4 atom stereocenters. The third kappa shape index (κ3) is 2.72. The van der Waals surface area contributed by atoms with Gasteiger partial charge in [0.25, 0.3) is 0 Å². The Kier molecular flexibility index (Phi) is 4.06. The zero-order chi connectivity index (χ0) is 16.7. The number of piperidine rings is 1. The van der Waals surface area contributed by atoms with Crippen molar-refractivity contribution in [1.29, 1.82) is 0 Å². The van der Waals surface area contributed by atoms with Crippen LogP contribution in [-0.4, -0.2) is 53.8 Å². The Bertz CT molecular complexity index is 754. The van der Waals surface area contributed by atoms with E-state index in [0.29, 0.717) is 5.92 Å². The van der Waals surface area contributed by atoms with Gasteiger partial charge in [0, 0.05) is 36.2 Å². The van der Waals surface area contributed by atoms with E-state index in [4.69, 9.17) is 4.74 Å². The van der Waals surface area contributed by atoms with Gasteiger partial charge in [-0.15, -0.1) is 0 Å². The second-order valence-electron chi connectivity index (χ2n) is 7.14. The molecule has 0 saturated carbocycles.